The van der Waals surface area contributed by atoms with Gasteiger partial charge in [-0.2, -0.15) is 0 Å². The third kappa shape index (κ3) is 4.89. The standard InChI is InChI=1S/C17H20N2O3S/c1-3-10-22-15(20)8-9-18-16(21)14-11-23-17(19-14)13-7-5-4-6-12(13)2/h4-7,11H,3,8-10H2,1-2H3,(H,18,21). The second kappa shape index (κ2) is 8.43. The van der Waals surface area contributed by atoms with E-state index in [4.69, 9.17) is 4.74 Å². The summed E-state index contributed by atoms with van der Waals surface area (Å²) in [6, 6.07) is 7.92. The maximum Gasteiger partial charge on any atom is 0.307 e. The number of nitrogens with one attached hydrogen (secondary N) is 1. The molecule has 0 radical (unpaired) electrons. The summed E-state index contributed by atoms with van der Waals surface area (Å²) in [6.07, 6.45) is 0.957. The summed E-state index contributed by atoms with van der Waals surface area (Å²) in [6.45, 7) is 4.61. The smallest absolute Gasteiger partial charge is 0.307 e. The summed E-state index contributed by atoms with van der Waals surface area (Å²) in [5.41, 5.74) is 2.52. The van der Waals surface area contributed by atoms with Crippen LogP contribution in [-0.4, -0.2) is 30.0 Å². The van der Waals surface area contributed by atoms with E-state index in [1.54, 1.807) is 5.38 Å². The molecule has 0 spiro atoms. The highest BCUT2D eigenvalue weighted by molar-refractivity contribution is 7.13. The van der Waals surface area contributed by atoms with E-state index < -0.39 is 0 Å². The molecular weight excluding hydrogens is 312 g/mol. The first kappa shape index (κ1) is 17.1. The molecule has 0 unspecified atom stereocenters. The molecule has 0 aliphatic rings. The number of amides is 1. The Kier molecular flexibility index (Phi) is 6.29. The summed E-state index contributed by atoms with van der Waals surface area (Å²) in [5, 5.41) is 5.23. The first-order valence-corrected chi connectivity index (χ1v) is 8.45. The van der Waals surface area contributed by atoms with Crippen molar-refractivity contribution in [2.24, 2.45) is 0 Å². The zero-order valence-electron chi connectivity index (χ0n) is 13.3. The summed E-state index contributed by atoms with van der Waals surface area (Å²) in [4.78, 5) is 27.8. The third-order valence-electron chi connectivity index (χ3n) is 3.19. The van der Waals surface area contributed by atoms with E-state index in [2.05, 4.69) is 10.3 Å². The molecule has 1 heterocycles. The van der Waals surface area contributed by atoms with Crippen LogP contribution in [0.25, 0.3) is 10.6 Å². The van der Waals surface area contributed by atoms with Crippen molar-refractivity contribution in [2.75, 3.05) is 13.2 Å². The largest absolute Gasteiger partial charge is 0.466 e. The van der Waals surface area contributed by atoms with Crippen molar-refractivity contribution in [3.63, 3.8) is 0 Å². The minimum atomic E-state index is -0.300. The SMILES string of the molecule is CCCOC(=O)CCNC(=O)c1csc(-c2ccccc2C)n1. The van der Waals surface area contributed by atoms with Gasteiger partial charge in [-0.1, -0.05) is 31.2 Å². The molecule has 1 N–H and O–H groups in total. The van der Waals surface area contributed by atoms with Gasteiger partial charge in [0.15, 0.2) is 0 Å². The highest BCUT2D eigenvalue weighted by Crippen LogP contribution is 2.26. The van der Waals surface area contributed by atoms with Crippen LogP contribution >= 0.6 is 11.3 Å². The van der Waals surface area contributed by atoms with Gasteiger partial charge in [-0.15, -0.1) is 11.3 Å². The fourth-order valence-corrected chi connectivity index (χ4v) is 2.86. The van der Waals surface area contributed by atoms with Crippen molar-refractivity contribution < 1.29 is 14.3 Å². The van der Waals surface area contributed by atoms with Gasteiger partial charge in [0, 0.05) is 17.5 Å². The molecule has 2 aromatic rings. The topological polar surface area (TPSA) is 68.3 Å². The normalized spacial score (nSPS) is 10.3. The Morgan fingerprint density at radius 1 is 1.30 bits per heavy atom. The molecule has 0 aliphatic carbocycles. The summed E-state index contributed by atoms with van der Waals surface area (Å²) in [5.74, 6) is -0.574. The van der Waals surface area contributed by atoms with Gasteiger partial charge < -0.3 is 10.1 Å². The van der Waals surface area contributed by atoms with Crippen LogP contribution in [0.1, 0.15) is 35.8 Å². The van der Waals surface area contributed by atoms with Gasteiger partial charge in [-0.05, 0) is 18.9 Å². The van der Waals surface area contributed by atoms with Crippen LogP contribution in [-0.2, 0) is 9.53 Å². The molecule has 0 saturated heterocycles. The lowest BCUT2D eigenvalue weighted by molar-refractivity contribution is -0.143. The van der Waals surface area contributed by atoms with Crippen molar-refractivity contribution in [3.8, 4) is 10.6 Å². The Bertz CT molecular complexity index is 682. The summed E-state index contributed by atoms with van der Waals surface area (Å²) >= 11 is 1.43. The molecule has 23 heavy (non-hydrogen) atoms. The van der Waals surface area contributed by atoms with E-state index in [0.29, 0.717) is 12.3 Å². The zero-order chi connectivity index (χ0) is 16.7. The predicted octanol–water partition coefficient (Wildman–Crippen LogP) is 3.19. The molecule has 2 rings (SSSR count). The number of hydrogen-bond acceptors (Lipinski definition) is 5. The van der Waals surface area contributed by atoms with Gasteiger partial charge in [0.1, 0.15) is 10.7 Å². The Labute approximate surface area is 139 Å². The quantitative estimate of drug-likeness (QED) is 0.791. The lowest BCUT2D eigenvalue weighted by atomic mass is 10.1. The Hall–Kier alpha value is -2.21. The van der Waals surface area contributed by atoms with E-state index >= 15 is 0 Å². The van der Waals surface area contributed by atoms with Crippen molar-refractivity contribution in [3.05, 3.63) is 40.9 Å². The van der Waals surface area contributed by atoms with Crippen molar-refractivity contribution in [1.82, 2.24) is 10.3 Å². The lowest BCUT2D eigenvalue weighted by Crippen LogP contribution is -2.26. The molecule has 122 valence electrons. The van der Waals surface area contributed by atoms with Gasteiger partial charge in [-0.25, -0.2) is 4.98 Å². The first-order valence-electron chi connectivity index (χ1n) is 7.57. The molecular formula is C17H20N2O3S. The molecule has 0 fully saturated rings. The average Bonchev–Trinajstić information content (AvgIpc) is 3.03. The van der Waals surface area contributed by atoms with Crippen LogP contribution in [0.2, 0.25) is 0 Å². The number of benzene rings is 1. The first-order chi connectivity index (χ1) is 11.1. The molecule has 0 bridgehead atoms. The highest BCUT2D eigenvalue weighted by Gasteiger charge is 2.13. The predicted molar refractivity (Wildman–Crippen MR) is 90.5 cm³/mol. The summed E-state index contributed by atoms with van der Waals surface area (Å²) < 4.78 is 4.95. The average molecular weight is 332 g/mol. The van der Waals surface area contributed by atoms with Crippen LogP contribution in [0.4, 0.5) is 0 Å². The number of hydrogen-bond donors (Lipinski definition) is 1. The molecule has 1 aromatic carbocycles. The van der Waals surface area contributed by atoms with E-state index in [1.807, 2.05) is 38.1 Å². The maximum atomic E-state index is 12.1. The van der Waals surface area contributed by atoms with E-state index in [0.717, 1.165) is 22.6 Å². The Morgan fingerprint density at radius 2 is 2.09 bits per heavy atom. The number of thiazole rings is 1. The van der Waals surface area contributed by atoms with Crippen LogP contribution in [0.3, 0.4) is 0 Å². The lowest BCUT2D eigenvalue weighted by Gasteiger charge is -2.04. The molecule has 1 aromatic heterocycles. The number of carbonyl (C=O) groups excluding carboxylic acids is 2. The number of nitrogens with zero attached hydrogens (tertiary/aromatic N) is 1. The Balaban J connectivity index is 1.89. The number of aromatic nitrogens is 1. The van der Waals surface area contributed by atoms with Crippen LogP contribution in [0.15, 0.2) is 29.6 Å². The van der Waals surface area contributed by atoms with E-state index in [9.17, 15) is 9.59 Å². The second-order valence-corrected chi connectivity index (χ2v) is 5.94. The van der Waals surface area contributed by atoms with Gasteiger partial charge in [0.2, 0.25) is 0 Å². The fraction of sp³-hybridized carbons (Fsp3) is 0.353. The van der Waals surface area contributed by atoms with E-state index in [1.165, 1.54) is 11.3 Å². The number of carbonyl (C=O) groups is 2. The molecule has 0 aliphatic heterocycles. The fourth-order valence-electron chi connectivity index (χ4n) is 1.97. The van der Waals surface area contributed by atoms with Crippen molar-refractivity contribution >= 4 is 23.2 Å². The van der Waals surface area contributed by atoms with Gasteiger partial charge in [0.05, 0.1) is 13.0 Å². The van der Waals surface area contributed by atoms with Gasteiger partial charge >= 0.3 is 5.97 Å². The number of esters is 1. The van der Waals surface area contributed by atoms with Crippen molar-refractivity contribution in [2.45, 2.75) is 26.7 Å². The second-order valence-electron chi connectivity index (χ2n) is 5.08. The minimum absolute atomic E-state index is 0.167. The molecule has 0 saturated carbocycles. The molecule has 6 heteroatoms. The van der Waals surface area contributed by atoms with Crippen LogP contribution in [0.5, 0.6) is 0 Å². The molecule has 5 nitrogen and oxygen atoms in total. The highest BCUT2D eigenvalue weighted by atomic mass is 32.1. The minimum Gasteiger partial charge on any atom is -0.466 e. The summed E-state index contributed by atoms with van der Waals surface area (Å²) in [7, 11) is 0. The van der Waals surface area contributed by atoms with Crippen LogP contribution < -0.4 is 5.32 Å². The molecule has 0 atom stereocenters. The monoisotopic (exact) mass is 332 g/mol. The Morgan fingerprint density at radius 3 is 2.83 bits per heavy atom. The maximum absolute atomic E-state index is 12.1. The number of ether oxygens (including phenoxy) is 1. The number of aryl methyl sites for hydroxylation is 1. The van der Waals surface area contributed by atoms with Gasteiger partial charge in [-0.3, -0.25) is 9.59 Å². The number of rotatable bonds is 7. The van der Waals surface area contributed by atoms with Crippen LogP contribution in [0, 0.1) is 6.92 Å². The third-order valence-corrected chi connectivity index (χ3v) is 4.07. The van der Waals surface area contributed by atoms with Crippen molar-refractivity contribution in [1.29, 1.82) is 0 Å². The molecule has 1 amide bonds. The zero-order valence-corrected chi connectivity index (χ0v) is 14.1. The van der Waals surface area contributed by atoms with E-state index in [-0.39, 0.29) is 24.8 Å². The van der Waals surface area contributed by atoms with Gasteiger partial charge in [0.25, 0.3) is 5.91 Å².